The second-order valence-electron chi connectivity index (χ2n) is 9.23. The largest absolute Gasteiger partial charge is 0.399 e. The van der Waals surface area contributed by atoms with Gasteiger partial charge in [-0.3, -0.25) is 10.3 Å². The summed E-state index contributed by atoms with van der Waals surface area (Å²) in [5.74, 6) is -0.0353. The molecule has 0 bridgehead atoms. The van der Waals surface area contributed by atoms with Crippen molar-refractivity contribution >= 4 is 33.3 Å². The summed E-state index contributed by atoms with van der Waals surface area (Å²) < 4.78 is 27.4. The van der Waals surface area contributed by atoms with Crippen molar-refractivity contribution < 1.29 is 18.3 Å². The molecule has 6 N–H and O–H groups in total. The molecule has 35 heavy (non-hydrogen) atoms. The minimum absolute atomic E-state index is 0.0506. The predicted molar refractivity (Wildman–Crippen MR) is 135 cm³/mol. The molecule has 0 aliphatic carbocycles. The molecule has 0 radical (unpaired) electrons. The number of amides is 2. The maximum absolute atomic E-state index is 13.3. The maximum atomic E-state index is 13.3. The van der Waals surface area contributed by atoms with Crippen LogP contribution in [0, 0.1) is 17.2 Å². The first-order chi connectivity index (χ1) is 16.7. The molecule has 2 amide bonds. The number of aliphatic hydroxyl groups excluding tert-OH is 1. The van der Waals surface area contributed by atoms with Gasteiger partial charge in [-0.25, -0.2) is 13.2 Å². The van der Waals surface area contributed by atoms with Gasteiger partial charge in [0.15, 0.2) is 0 Å². The first kappa shape index (κ1) is 25.0. The number of hydrogen-bond donors (Lipinski definition) is 4. The van der Waals surface area contributed by atoms with Crippen molar-refractivity contribution in [3.8, 4) is 0 Å². The first-order valence-electron chi connectivity index (χ1n) is 11.7. The highest BCUT2D eigenvalue weighted by Crippen LogP contribution is 2.28. The van der Waals surface area contributed by atoms with Crippen LogP contribution in [0.4, 0.5) is 16.2 Å². The number of nitrogen functional groups attached to an aromatic ring is 2. The van der Waals surface area contributed by atoms with Crippen LogP contribution in [-0.2, 0) is 10.0 Å². The van der Waals surface area contributed by atoms with Gasteiger partial charge < -0.3 is 21.5 Å². The van der Waals surface area contributed by atoms with Crippen LogP contribution in [0.1, 0.15) is 18.4 Å². The Morgan fingerprint density at radius 2 is 1.74 bits per heavy atom. The first-order valence-corrected chi connectivity index (χ1v) is 13.1. The van der Waals surface area contributed by atoms with Crippen molar-refractivity contribution in [2.24, 2.45) is 17.6 Å². The van der Waals surface area contributed by atoms with Gasteiger partial charge in [-0.15, -0.1) is 0 Å². The molecule has 1 atom stereocenters. The second kappa shape index (κ2) is 10.2. The molecule has 2 aliphatic heterocycles. The number of nitrogens with zero attached hydrogens (tertiary/aromatic N) is 3. The molecule has 2 saturated heterocycles. The van der Waals surface area contributed by atoms with E-state index in [4.69, 9.17) is 16.9 Å². The average Bonchev–Trinajstić information content (AvgIpc) is 2.86. The number of aliphatic hydroxyl groups is 1. The van der Waals surface area contributed by atoms with Gasteiger partial charge >= 0.3 is 6.03 Å². The lowest BCUT2D eigenvalue weighted by Gasteiger charge is -2.42. The van der Waals surface area contributed by atoms with E-state index in [0.29, 0.717) is 62.5 Å². The van der Waals surface area contributed by atoms with Crippen molar-refractivity contribution in [1.29, 1.82) is 5.41 Å². The number of benzene rings is 2. The Labute approximate surface area is 205 Å². The minimum atomic E-state index is -3.59. The fourth-order valence-corrected chi connectivity index (χ4v) is 6.18. The lowest BCUT2D eigenvalue weighted by Crippen LogP contribution is -2.56. The van der Waals surface area contributed by atoms with Gasteiger partial charge in [0.05, 0.1) is 4.90 Å². The Balaban J connectivity index is 1.42. The summed E-state index contributed by atoms with van der Waals surface area (Å²) in [6.45, 7) is 2.03. The van der Waals surface area contributed by atoms with Crippen LogP contribution < -0.4 is 16.4 Å². The van der Waals surface area contributed by atoms with Crippen LogP contribution in [0.15, 0.2) is 53.4 Å². The van der Waals surface area contributed by atoms with Crippen LogP contribution in [0.25, 0.3) is 0 Å². The normalized spacial score (nSPS) is 20.3. The Morgan fingerprint density at radius 3 is 2.37 bits per heavy atom. The van der Waals surface area contributed by atoms with E-state index in [0.717, 1.165) is 0 Å². The smallest absolute Gasteiger partial charge is 0.324 e. The van der Waals surface area contributed by atoms with Crippen molar-refractivity contribution in [3.63, 3.8) is 0 Å². The molecule has 2 heterocycles. The van der Waals surface area contributed by atoms with Gasteiger partial charge in [0.1, 0.15) is 5.84 Å². The summed E-state index contributed by atoms with van der Waals surface area (Å²) in [6.07, 6.45) is 1.28. The monoisotopic (exact) mass is 500 g/mol. The van der Waals surface area contributed by atoms with E-state index in [1.165, 1.54) is 16.4 Å². The van der Waals surface area contributed by atoms with E-state index >= 15 is 0 Å². The highest BCUT2D eigenvalue weighted by Gasteiger charge is 2.36. The lowest BCUT2D eigenvalue weighted by molar-refractivity contribution is 0.128. The number of nitrogens with one attached hydrogen (secondary N) is 1. The molecular weight excluding hydrogens is 468 g/mol. The van der Waals surface area contributed by atoms with Crippen LogP contribution >= 0.6 is 0 Å². The third-order valence-electron chi connectivity index (χ3n) is 6.72. The summed E-state index contributed by atoms with van der Waals surface area (Å²) >= 11 is 0. The van der Waals surface area contributed by atoms with Crippen molar-refractivity contribution in [3.05, 3.63) is 54.1 Å². The summed E-state index contributed by atoms with van der Waals surface area (Å²) in [5, 5.41) is 17.5. The van der Waals surface area contributed by atoms with Gasteiger partial charge in [-0.05, 0) is 55.2 Å². The molecule has 0 aromatic heterocycles. The highest BCUT2D eigenvalue weighted by molar-refractivity contribution is 7.89. The Hall–Kier alpha value is -3.15. The number of carbonyl (C=O) groups excluding carboxylic acids is 1. The van der Waals surface area contributed by atoms with E-state index in [2.05, 4.69) is 0 Å². The molecule has 2 aromatic rings. The molecule has 0 saturated carbocycles. The zero-order valence-electron chi connectivity index (χ0n) is 19.5. The number of anilines is 2. The zero-order chi connectivity index (χ0) is 25.2. The Kier molecular flexibility index (Phi) is 7.29. The van der Waals surface area contributed by atoms with E-state index in [9.17, 15) is 18.3 Å². The van der Waals surface area contributed by atoms with Gasteiger partial charge in [-0.1, -0.05) is 12.1 Å². The summed E-state index contributed by atoms with van der Waals surface area (Å²) in [5.41, 5.74) is 13.0. The Morgan fingerprint density at radius 1 is 1.06 bits per heavy atom. The van der Waals surface area contributed by atoms with Crippen LogP contribution in [0.2, 0.25) is 0 Å². The predicted octanol–water partition coefficient (Wildman–Crippen LogP) is 1.50. The standard InChI is InChI=1S/C24H32N6O4S/c25-20-4-6-22(7-5-20)35(33,34)29-10-8-17(9-11-29)13-28-14-18(16-31)15-30(24(28)32)21-3-1-2-19(12-21)23(26)27/h1-7,12,17-18,31H,8-11,13-16,25H2,(H3,26,27). The minimum Gasteiger partial charge on any atom is -0.399 e. The number of urea groups is 1. The van der Waals surface area contributed by atoms with Crippen LogP contribution in [0.5, 0.6) is 0 Å². The molecule has 11 heteroatoms. The van der Waals surface area contributed by atoms with E-state index in [-0.39, 0.29) is 35.2 Å². The number of amidine groups is 1. The molecule has 188 valence electrons. The second-order valence-corrected chi connectivity index (χ2v) is 11.2. The fraction of sp³-hybridized carbons (Fsp3) is 0.417. The molecule has 4 rings (SSSR count). The highest BCUT2D eigenvalue weighted by atomic mass is 32.2. The van der Waals surface area contributed by atoms with Crippen molar-refractivity contribution in [1.82, 2.24) is 9.21 Å². The number of piperidine rings is 1. The molecule has 0 spiro atoms. The zero-order valence-corrected chi connectivity index (χ0v) is 20.3. The third kappa shape index (κ3) is 5.42. The molecule has 2 aromatic carbocycles. The third-order valence-corrected chi connectivity index (χ3v) is 8.63. The maximum Gasteiger partial charge on any atom is 0.324 e. The SMILES string of the molecule is N=C(N)c1cccc(N2CC(CO)CN(CC3CCN(S(=O)(=O)c4ccc(N)cc4)CC3)C2=O)c1. The Bertz CT molecular complexity index is 1180. The number of rotatable bonds is 7. The van der Waals surface area contributed by atoms with Gasteiger partial charge in [0.25, 0.3) is 0 Å². The molecule has 2 aliphatic rings. The molecule has 10 nitrogen and oxygen atoms in total. The topological polar surface area (TPSA) is 157 Å². The van der Waals surface area contributed by atoms with Gasteiger partial charge in [-0.2, -0.15) is 4.31 Å². The molecule has 1 unspecified atom stereocenters. The summed E-state index contributed by atoms with van der Waals surface area (Å²) in [4.78, 5) is 16.9. The van der Waals surface area contributed by atoms with E-state index < -0.39 is 10.0 Å². The summed E-state index contributed by atoms with van der Waals surface area (Å²) in [6, 6.07) is 13.0. The fourth-order valence-electron chi connectivity index (χ4n) is 4.71. The van der Waals surface area contributed by atoms with E-state index in [1.54, 1.807) is 46.2 Å². The molecule has 2 fully saturated rings. The van der Waals surface area contributed by atoms with Crippen molar-refractivity contribution in [2.75, 3.05) is 50.0 Å². The average molecular weight is 501 g/mol. The molecular formula is C24H32N6O4S. The van der Waals surface area contributed by atoms with Gasteiger partial charge in [0, 0.05) is 62.2 Å². The number of hydrogen-bond acceptors (Lipinski definition) is 6. The number of sulfonamides is 1. The number of carbonyl (C=O) groups is 1. The lowest BCUT2D eigenvalue weighted by atomic mass is 9.96. The quantitative estimate of drug-likeness (QED) is 0.256. The summed E-state index contributed by atoms with van der Waals surface area (Å²) in [7, 11) is -3.59. The van der Waals surface area contributed by atoms with Crippen molar-refractivity contribution in [2.45, 2.75) is 17.7 Å². The number of nitrogens with two attached hydrogens (primary N) is 2. The van der Waals surface area contributed by atoms with E-state index in [1.807, 2.05) is 0 Å². The van der Waals surface area contributed by atoms with Crippen LogP contribution in [-0.4, -0.2) is 73.9 Å². The van der Waals surface area contributed by atoms with Crippen LogP contribution in [0.3, 0.4) is 0 Å². The van der Waals surface area contributed by atoms with Gasteiger partial charge in [0.2, 0.25) is 10.0 Å².